The lowest BCUT2D eigenvalue weighted by Gasteiger charge is -2.42. The van der Waals surface area contributed by atoms with Crippen molar-refractivity contribution in [3.63, 3.8) is 0 Å². The van der Waals surface area contributed by atoms with Crippen LogP contribution in [0.2, 0.25) is 0 Å². The molecule has 1 fully saturated rings. The highest BCUT2D eigenvalue weighted by Crippen LogP contribution is 2.25. The van der Waals surface area contributed by atoms with Gasteiger partial charge in [0.15, 0.2) is 0 Å². The first kappa shape index (κ1) is 15.9. The Hall–Kier alpha value is -1.46. The van der Waals surface area contributed by atoms with Crippen molar-refractivity contribution in [2.45, 2.75) is 31.2 Å². The van der Waals surface area contributed by atoms with Gasteiger partial charge in [-0.15, -0.1) is 0 Å². The van der Waals surface area contributed by atoms with Crippen molar-refractivity contribution in [2.24, 2.45) is 0 Å². The van der Waals surface area contributed by atoms with Crippen LogP contribution in [0.3, 0.4) is 0 Å². The van der Waals surface area contributed by atoms with Gasteiger partial charge < -0.3 is 15.0 Å². The molecule has 116 valence electrons. The number of pyridine rings is 1. The molecular weight excluding hydrogens is 266 g/mol. The van der Waals surface area contributed by atoms with Gasteiger partial charge in [-0.05, 0) is 51.1 Å². The molecule has 0 aromatic carbocycles. The molecule has 1 saturated heterocycles. The molecule has 0 radical (unpaired) electrons. The van der Waals surface area contributed by atoms with Crippen molar-refractivity contribution >= 4 is 5.91 Å². The van der Waals surface area contributed by atoms with Crippen LogP contribution in [0.4, 0.5) is 0 Å². The van der Waals surface area contributed by atoms with Crippen LogP contribution in [0.1, 0.15) is 24.8 Å². The molecule has 1 N–H and O–H groups in total. The van der Waals surface area contributed by atoms with Gasteiger partial charge in [-0.3, -0.25) is 9.78 Å². The number of aryl methyl sites for hydroxylation is 1. The predicted molar refractivity (Wildman–Crippen MR) is 82.0 cm³/mol. The maximum absolute atomic E-state index is 12.0. The zero-order chi connectivity index (χ0) is 15.1. The summed E-state index contributed by atoms with van der Waals surface area (Å²) in [5.41, 5.74) is 1.18. The number of likely N-dealkylation sites (N-methyl/N-ethyl adjacent to an activating group) is 1. The van der Waals surface area contributed by atoms with Crippen molar-refractivity contribution in [2.75, 3.05) is 33.9 Å². The van der Waals surface area contributed by atoms with E-state index in [0.717, 1.165) is 38.0 Å². The molecule has 21 heavy (non-hydrogen) atoms. The van der Waals surface area contributed by atoms with Crippen LogP contribution >= 0.6 is 0 Å². The number of rotatable bonds is 6. The van der Waals surface area contributed by atoms with E-state index in [1.807, 2.05) is 12.1 Å². The molecule has 0 unspecified atom stereocenters. The summed E-state index contributed by atoms with van der Waals surface area (Å²) in [4.78, 5) is 18.2. The Morgan fingerprint density at radius 2 is 2.00 bits per heavy atom. The van der Waals surface area contributed by atoms with Gasteiger partial charge in [0.05, 0.1) is 0 Å². The second-order valence-electron chi connectivity index (χ2n) is 5.86. The highest BCUT2D eigenvalue weighted by molar-refractivity contribution is 5.76. The van der Waals surface area contributed by atoms with Crippen molar-refractivity contribution in [1.82, 2.24) is 15.2 Å². The topological polar surface area (TPSA) is 54.5 Å². The molecular formula is C16H25N3O2. The number of hydrogen-bond acceptors (Lipinski definition) is 4. The third kappa shape index (κ3) is 4.51. The van der Waals surface area contributed by atoms with Crippen LogP contribution in [0.5, 0.6) is 0 Å². The Kier molecular flexibility index (Phi) is 5.70. The Bertz CT molecular complexity index is 442. The fourth-order valence-electron chi connectivity index (χ4n) is 2.69. The SMILES string of the molecule is CN(C)C1(CNC(=O)CCc2ccncc2)CCOCC1. The molecule has 2 rings (SSSR count). The second-order valence-corrected chi connectivity index (χ2v) is 5.86. The van der Waals surface area contributed by atoms with Gasteiger partial charge in [-0.2, -0.15) is 0 Å². The number of carbonyl (C=O) groups is 1. The average Bonchev–Trinajstić information content (AvgIpc) is 2.52. The fourth-order valence-corrected chi connectivity index (χ4v) is 2.69. The summed E-state index contributed by atoms with van der Waals surface area (Å²) >= 11 is 0. The summed E-state index contributed by atoms with van der Waals surface area (Å²) in [6, 6.07) is 3.90. The Morgan fingerprint density at radius 3 is 2.62 bits per heavy atom. The highest BCUT2D eigenvalue weighted by atomic mass is 16.5. The van der Waals surface area contributed by atoms with Gasteiger partial charge in [-0.1, -0.05) is 0 Å². The number of aromatic nitrogens is 1. The van der Waals surface area contributed by atoms with Gasteiger partial charge >= 0.3 is 0 Å². The maximum Gasteiger partial charge on any atom is 0.220 e. The lowest BCUT2D eigenvalue weighted by molar-refractivity contribution is -0.122. The normalized spacial score (nSPS) is 17.7. The van der Waals surface area contributed by atoms with E-state index >= 15 is 0 Å². The summed E-state index contributed by atoms with van der Waals surface area (Å²) in [5.74, 6) is 0.111. The molecule has 1 aromatic heterocycles. The van der Waals surface area contributed by atoms with Crippen molar-refractivity contribution in [3.05, 3.63) is 30.1 Å². The molecule has 0 spiro atoms. The molecule has 0 bridgehead atoms. The van der Waals surface area contributed by atoms with Crippen LogP contribution in [-0.2, 0) is 16.0 Å². The van der Waals surface area contributed by atoms with Gasteiger partial charge in [0, 0.05) is 44.1 Å². The second kappa shape index (κ2) is 7.52. The molecule has 5 heteroatoms. The molecule has 1 aliphatic heterocycles. The van der Waals surface area contributed by atoms with Crippen LogP contribution in [0, 0.1) is 0 Å². The molecule has 5 nitrogen and oxygen atoms in total. The van der Waals surface area contributed by atoms with E-state index in [2.05, 4.69) is 29.3 Å². The van der Waals surface area contributed by atoms with Gasteiger partial charge in [0.2, 0.25) is 5.91 Å². The summed E-state index contributed by atoms with van der Waals surface area (Å²) < 4.78 is 5.44. The standard InChI is InChI=1S/C16H25N3O2/c1-19(2)16(7-11-21-12-8-16)13-18-15(20)4-3-14-5-9-17-10-6-14/h5-6,9-10H,3-4,7-8,11-13H2,1-2H3,(H,18,20). The van der Waals surface area contributed by atoms with E-state index in [0.29, 0.717) is 13.0 Å². The van der Waals surface area contributed by atoms with Crippen molar-refractivity contribution < 1.29 is 9.53 Å². The minimum absolute atomic E-state index is 0.0323. The maximum atomic E-state index is 12.0. The fraction of sp³-hybridized carbons (Fsp3) is 0.625. The lowest BCUT2D eigenvalue weighted by atomic mass is 9.88. The first-order valence-corrected chi connectivity index (χ1v) is 7.53. The third-order valence-electron chi connectivity index (χ3n) is 4.38. The van der Waals surface area contributed by atoms with Crippen LogP contribution in [-0.4, -0.2) is 55.2 Å². The summed E-state index contributed by atoms with van der Waals surface area (Å²) in [6.07, 6.45) is 6.72. The van der Waals surface area contributed by atoms with Gasteiger partial charge in [0.25, 0.3) is 0 Å². The summed E-state index contributed by atoms with van der Waals surface area (Å²) in [7, 11) is 4.16. The molecule has 0 aliphatic carbocycles. The van der Waals surface area contributed by atoms with Gasteiger partial charge in [-0.25, -0.2) is 0 Å². The molecule has 2 heterocycles. The number of amides is 1. The monoisotopic (exact) mass is 291 g/mol. The minimum atomic E-state index is 0.0323. The number of ether oxygens (including phenoxy) is 1. The van der Waals surface area contributed by atoms with E-state index in [-0.39, 0.29) is 11.4 Å². The molecule has 0 atom stereocenters. The largest absolute Gasteiger partial charge is 0.381 e. The Labute approximate surface area is 126 Å². The van der Waals surface area contributed by atoms with E-state index < -0.39 is 0 Å². The van der Waals surface area contributed by atoms with Gasteiger partial charge in [0.1, 0.15) is 0 Å². The summed E-state index contributed by atoms with van der Waals surface area (Å²) in [6.45, 7) is 2.23. The third-order valence-corrected chi connectivity index (χ3v) is 4.38. The zero-order valence-electron chi connectivity index (χ0n) is 13.0. The molecule has 0 saturated carbocycles. The van der Waals surface area contributed by atoms with E-state index in [4.69, 9.17) is 4.74 Å². The lowest BCUT2D eigenvalue weighted by Crippen LogP contribution is -2.55. The first-order chi connectivity index (χ1) is 10.1. The number of hydrogen-bond donors (Lipinski definition) is 1. The van der Waals surface area contributed by atoms with Crippen LogP contribution < -0.4 is 5.32 Å². The number of nitrogens with zero attached hydrogens (tertiary/aromatic N) is 2. The number of nitrogens with one attached hydrogen (secondary N) is 1. The zero-order valence-corrected chi connectivity index (χ0v) is 13.0. The van der Waals surface area contributed by atoms with E-state index in [9.17, 15) is 4.79 Å². The average molecular weight is 291 g/mol. The quantitative estimate of drug-likeness (QED) is 0.857. The molecule has 1 aromatic rings. The Balaban J connectivity index is 1.79. The predicted octanol–water partition coefficient (Wildman–Crippen LogP) is 1.24. The Morgan fingerprint density at radius 1 is 1.33 bits per heavy atom. The number of carbonyl (C=O) groups excluding carboxylic acids is 1. The highest BCUT2D eigenvalue weighted by Gasteiger charge is 2.34. The van der Waals surface area contributed by atoms with Crippen LogP contribution in [0.15, 0.2) is 24.5 Å². The van der Waals surface area contributed by atoms with Crippen molar-refractivity contribution in [1.29, 1.82) is 0 Å². The first-order valence-electron chi connectivity index (χ1n) is 7.53. The molecule has 1 amide bonds. The van der Waals surface area contributed by atoms with E-state index in [1.54, 1.807) is 12.4 Å². The van der Waals surface area contributed by atoms with E-state index in [1.165, 1.54) is 0 Å². The smallest absolute Gasteiger partial charge is 0.220 e. The minimum Gasteiger partial charge on any atom is -0.381 e. The van der Waals surface area contributed by atoms with Crippen molar-refractivity contribution in [3.8, 4) is 0 Å². The molecule has 1 aliphatic rings. The van der Waals surface area contributed by atoms with Crippen LogP contribution in [0.25, 0.3) is 0 Å². The summed E-state index contributed by atoms with van der Waals surface area (Å²) in [5, 5.41) is 3.09.